The molecule has 2 aromatic rings. The second kappa shape index (κ2) is 12.2. The highest BCUT2D eigenvalue weighted by molar-refractivity contribution is 5.95. The number of nitrogens with one attached hydrogen (secondary N) is 2. The molecule has 2 N–H and O–H groups in total. The van der Waals surface area contributed by atoms with Gasteiger partial charge in [-0.15, -0.1) is 0 Å². The highest BCUT2D eigenvalue weighted by Gasteiger charge is 2.28. The van der Waals surface area contributed by atoms with E-state index in [0.717, 1.165) is 11.3 Å². The number of amides is 3. The fraction of sp³-hybridized carbons (Fsp3) is 0.444. The van der Waals surface area contributed by atoms with E-state index in [2.05, 4.69) is 10.6 Å². The summed E-state index contributed by atoms with van der Waals surface area (Å²) < 4.78 is 10.5. The molecule has 8 heteroatoms. The van der Waals surface area contributed by atoms with Crippen LogP contribution in [0.3, 0.4) is 0 Å². The summed E-state index contributed by atoms with van der Waals surface area (Å²) in [6, 6.07) is 12.6. The molecule has 8 nitrogen and oxygen atoms in total. The lowest BCUT2D eigenvalue weighted by molar-refractivity contribution is -0.126. The van der Waals surface area contributed by atoms with Gasteiger partial charge in [-0.05, 0) is 48.6 Å². The molecule has 2 aromatic carbocycles. The maximum atomic E-state index is 13.0. The van der Waals surface area contributed by atoms with Crippen LogP contribution in [0.4, 0.5) is 5.69 Å². The highest BCUT2D eigenvalue weighted by atomic mass is 16.5. The van der Waals surface area contributed by atoms with Gasteiger partial charge in [0.25, 0.3) is 5.91 Å². The molecule has 3 rings (SSSR count). The van der Waals surface area contributed by atoms with Gasteiger partial charge in [0.05, 0.1) is 14.2 Å². The maximum Gasteiger partial charge on any atom is 0.254 e. The number of ether oxygens (including phenoxy) is 2. The Labute approximate surface area is 207 Å². The molecule has 188 valence electrons. The van der Waals surface area contributed by atoms with Crippen molar-refractivity contribution < 1.29 is 23.9 Å². The average molecular weight is 482 g/mol. The molecule has 0 atom stereocenters. The van der Waals surface area contributed by atoms with Gasteiger partial charge in [0, 0.05) is 49.3 Å². The van der Waals surface area contributed by atoms with Gasteiger partial charge in [-0.25, -0.2) is 0 Å². The summed E-state index contributed by atoms with van der Waals surface area (Å²) in [5.41, 5.74) is 2.15. The van der Waals surface area contributed by atoms with Crippen molar-refractivity contribution in [1.29, 1.82) is 0 Å². The minimum Gasteiger partial charge on any atom is -0.497 e. The molecule has 1 aliphatic rings. The van der Waals surface area contributed by atoms with Crippen molar-refractivity contribution in [3.8, 4) is 11.5 Å². The number of anilines is 1. The molecular formula is C27H35N3O5. The first kappa shape index (κ1) is 26.1. The van der Waals surface area contributed by atoms with Crippen molar-refractivity contribution in [2.24, 2.45) is 11.8 Å². The van der Waals surface area contributed by atoms with Crippen LogP contribution >= 0.6 is 0 Å². The first-order valence-electron chi connectivity index (χ1n) is 12.0. The van der Waals surface area contributed by atoms with Crippen LogP contribution in [0, 0.1) is 11.8 Å². The zero-order chi connectivity index (χ0) is 25.4. The van der Waals surface area contributed by atoms with E-state index in [4.69, 9.17) is 9.47 Å². The van der Waals surface area contributed by atoms with Crippen LogP contribution in [-0.4, -0.2) is 49.9 Å². The molecule has 0 aromatic heterocycles. The number of carbonyl (C=O) groups is 3. The fourth-order valence-corrected chi connectivity index (χ4v) is 4.13. The van der Waals surface area contributed by atoms with Crippen LogP contribution in [0.25, 0.3) is 0 Å². The second-order valence-electron chi connectivity index (χ2n) is 9.23. The quantitative estimate of drug-likeness (QED) is 0.567. The molecule has 35 heavy (non-hydrogen) atoms. The minimum absolute atomic E-state index is 0.0186. The van der Waals surface area contributed by atoms with Crippen molar-refractivity contribution in [1.82, 2.24) is 10.2 Å². The third-order valence-electron chi connectivity index (χ3n) is 6.02. The third-order valence-corrected chi connectivity index (χ3v) is 6.02. The van der Waals surface area contributed by atoms with Gasteiger partial charge in [0.1, 0.15) is 11.5 Å². The average Bonchev–Trinajstić information content (AvgIpc) is 2.86. The number of hydrogen-bond acceptors (Lipinski definition) is 5. The lowest BCUT2D eigenvalue weighted by Gasteiger charge is -2.31. The summed E-state index contributed by atoms with van der Waals surface area (Å²) in [4.78, 5) is 39.5. The van der Waals surface area contributed by atoms with Crippen molar-refractivity contribution in [3.63, 3.8) is 0 Å². The lowest BCUT2D eigenvalue weighted by Crippen LogP contribution is -2.42. The molecule has 1 aliphatic heterocycles. The van der Waals surface area contributed by atoms with Crippen LogP contribution in [0.15, 0.2) is 42.5 Å². The van der Waals surface area contributed by atoms with Crippen LogP contribution < -0.4 is 20.1 Å². The number of carbonyl (C=O) groups excluding carboxylic acids is 3. The Hall–Kier alpha value is -3.55. The summed E-state index contributed by atoms with van der Waals surface area (Å²) in [5.74, 6) is 1.13. The molecule has 0 spiro atoms. The zero-order valence-corrected chi connectivity index (χ0v) is 20.9. The molecule has 0 unspecified atom stereocenters. The van der Waals surface area contributed by atoms with E-state index in [-0.39, 0.29) is 29.6 Å². The monoisotopic (exact) mass is 481 g/mol. The van der Waals surface area contributed by atoms with Crippen LogP contribution in [0.2, 0.25) is 0 Å². The van der Waals surface area contributed by atoms with Gasteiger partial charge in [0.15, 0.2) is 0 Å². The molecule has 3 amide bonds. The molecule has 1 saturated heterocycles. The molecule has 0 bridgehead atoms. The molecule has 0 aliphatic carbocycles. The Kier molecular flexibility index (Phi) is 9.11. The highest BCUT2D eigenvalue weighted by Crippen LogP contribution is 2.25. The molecular weight excluding hydrogens is 446 g/mol. The van der Waals surface area contributed by atoms with Crippen molar-refractivity contribution in [2.45, 2.75) is 39.7 Å². The zero-order valence-electron chi connectivity index (χ0n) is 20.9. The van der Waals surface area contributed by atoms with Crippen LogP contribution in [0.5, 0.6) is 11.5 Å². The number of likely N-dealkylation sites (tertiary alicyclic amines) is 1. The predicted molar refractivity (Wildman–Crippen MR) is 135 cm³/mol. The molecule has 1 fully saturated rings. The smallest absolute Gasteiger partial charge is 0.254 e. The van der Waals surface area contributed by atoms with E-state index in [1.807, 2.05) is 38.1 Å². The topological polar surface area (TPSA) is 97.0 Å². The standard InChI is InChI=1S/C27H35N3O5/c1-18(2)12-25(31)29-22-7-5-6-19(13-22)17-28-26(32)20-8-10-30(11-9-20)27(33)21-14-23(34-3)16-24(15-21)35-4/h5-7,13-16,18,20H,8-12,17H2,1-4H3,(H,28,32)(H,29,31). The third kappa shape index (κ3) is 7.47. The van der Waals surface area contributed by atoms with Gasteiger partial charge in [-0.1, -0.05) is 26.0 Å². The SMILES string of the molecule is COc1cc(OC)cc(C(=O)N2CCC(C(=O)NCc3cccc(NC(=O)CC(C)C)c3)CC2)c1. The largest absolute Gasteiger partial charge is 0.497 e. The van der Waals surface area contributed by atoms with E-state index in [9.17, 15) is 14.4 Å². The molecule has 1 heterocycles. The van der Waals surface area contributed by atoms with E-state index in [1.165, 1.54) is 0 Å². The van der Waals surface area contributed by atoms with Gasteiger partial charge >= 0.3 is 0 Å². The number of methoxy groups -OCH3 is 2. The Morgan fingerprint density at radius 1 is 1.00 bits per heavy atom. The summed E-state index contributed by atoms with van der Waals surface area (Å²) >= 11 is 0. The van der Waals surface area contributed by atoms with Gasteiger partial charge in [0.2, 0.25) is 11.8 Å². The van der Waals surface area contributed by atoms with Gasteiger partial charge < -0.3 is 25.0 Å². The fourth-order valence-electron chi connectivity index (χ4n) is 4.13. The maximum absolute atomic E-state index is 13.0. The number of nitrogens with zero attached hydrogens (tertiary/aromatic N) is 1. The molecule has 0 saturated carbocycles. The summed E-state index contributed by atoms with van der Waals surface area (Å²) in [7, 11) is 3.10. The summed E-state index contributed by atoms with van der Waals surface area (Å²) in [6.45, 7) is 5.40. The normalized spacial score (nSPS) is 13.9. The van der Waals surface area contributed by atoms with E-state index in [0.29, 0.717) is 56.0 Å². The van der Waals surface area contributed by atoms with Crippen molar-refractivity contribution in [3.05, 3.63) is 53.6 Å². The number of rotatable bonds is 9. The number of piperidine rings is 1. The van der Waals surface area contributed by atoms with Crippen LogP contribution in [0.1, 0.15) is 49.0 Å². The number of hydrogen-bond donors (Lipinski definition) is 2. The lowest BCUT2D eigenvalue weighted by atomic mass is 9.95. The Bertz CT molecular complexity index is 1020. The second-order valence-corrected chi connectivity index (χ2v) is 9.23. The van der Waals surface area contributed by atoms with E-state index in [1.54, 1.807) is 37.3 Å². The predicted octanol–water partition coefficient (Wildman–Crippen LogP) is 3.86. The first-order valence-corrected chi connectivity index (χ1v) is 12.0. The van der Waals surface area contributed by atoms with Crippen molar-refractivity contribution in [2.75, 3.05) is 32.6 Å². The van der Waals surface area contributed by atoms with Gasteiger partial charge in [-0.2, -0.15) is 0 Å². The van der Waals surface area contributed by atoms with Crippen molar-refractivity contribution >= 4 is 23.4 Å². The van der Waals surface area contributed by atoms with Crippen LogP contribution in [-0.2, 0) is 16.1 Å². The first-order chi connectivity index (χ1) is 16.8. The Morgan fingerprint density at radius 2 is 1.66 bits per heavy atom. The summed E-state index contributed by atoms with van der Waals surface area (Å²) in [5, 5.41) is 5.90. The Balaban J connectivity index is 1.50. The summed E-state index contributed by atoms with van der Waals surface area (Å²) in [6.07, 6.45) is 1.67. The van der Waals surface area contributed by atoms with E-state index < -0.39 is 0 Å². The van der Waals surface area contributed by atoms with E-state index >= 15 is 0 Å². The molecule has 0 radical (unpaired) electrons. The minimum atomic E-state index is -0.146. The number of benzene rings is 2. The Morgan fingerprint density at radius 3 is 2.26 bits per heavy atom. The van der Waals surface area contributed by atoms with Gasteiger partial charge in [-0.3, -0.25) is 14.4 Å².